The lowest BCUT2D eigenvalue weighted by Gasteiger charge is -2.30. The summed E-state index contributed by atoms with van der Waals surface area (Å²) in [5, 5.41) is 3.39. The van der Waals surface area contributed by atoms with Gasteiger partial charge < -0.3 is 14.8 Å². The second-order valence-corrected chi connectivity index (χ2v) is 9.81. The van der Waals surface area contributed by atoms with Crippen molar-refractivity contribution in [1.82, 2.24) is 15.3 Å². The third-order valence-electron chi connectivity index (χ3n) is 7.09. The van der Waals surface area contributed by atoms with Crippen molar-refractivity contribution < 1.29 is 19.1 Å². The summed E-state index contributed by atoms with van der Waals surface area (Å²) in [5.41, 5.74) is 1.68. The standard InChI is InChI=1S/C26H32N4O4/c1-16(2)22-14-20(26(32)34-22)24-28-11-7-23(29-24)30(15-17-5-9-27-10-6-17)25(31)19-3-4-21-18(13-19)8-12-33-21/h3-4,7,11,13,16-17,20,22,27H,5-6,8-10,12,14-15H2,1-2H3. The first-order valence-electron chi connectivity index (χ1n) is 12.3. The summed E-state index contributed by atoms with van der Waals surface area (Å²) in [5.74, 6) is 1.55. The maximum absolute atomic E-state index is 13.8. The molecule has 1 aromatic carbocycles. The zero-order valence-corrected chi connectivity index (χ0v) is 19.8. The van der Waals surface area contributed by atoms with Crippen LogP contribution < -0.4 is 15.0 Å². The Morgan fingerprint density at radius 2 is 2.06 bits per heavy atom. The fourth-order valence-corrected chi connectivity index (χ4v) is 4.99. The van der Waals surface area contributed by atoms with Gasteiger partial charge in [-0.3, -0.25) is 14.5 Å². The van der Waals surface area contributed by atoms with Gasteiger partial charge >= 0.3 is 5.97 Å². The molecule has 0 bridgehead atoms. The number of benzene rings is 1. The third-order valence-corrected chi connectivity index (χ3v) is 7.09. The van der Waals surface area contributed by atoms with Crippen molar-refractivity contribution in [2.24, 2.45) is 11.8 Å². The van der Waals surface area contributed by atoms with Crippen LogP contribution in [0, 0.1) is 11.8 Å². The molecular weight excluding hydrogens is 432 g/mol. The van der Waals surface area contributed by atoms with Gasteiger partial charge in [0.05, 0.1) is 6.61 Å². The van der Waals surface area contributed by atoms with E-state index in [1.54, 1.807) is 17.2 Å². The van der Waals surface area contributed by atoms with Crippen molar-refractivity contribution in [3.05, 3.63) is 47.4 Å². The van der Waals surface area contributed by atoms with Crippen LogP contribution in [-0.4, -0.2) is 54.2 Å². The van der Waals surface area contributed by atoms with Crippen molar-refractivity contribution >= 4 is 17.7 Å². The van der Waals surface area contributed by atoms with Crippen molar-refractivity contribution in [2.45, 2.75) is 51.6 Å². The van der Waals surface area contributed by atoms with Gasteiger partial charge in [-0.1, -0.05) is 13.8 Å². The minimum Gasteiger partial charge on any atom is -0.493 e. The molecule has 1 N–H and O–H groups in total. The quantitative estimate of drug-likeness (QED) is 0.657. The van der Waals surface area contributed by atoms with Crippen molar-refractivity contribution in [2.75, 3.05) is 31.1 Å². The summed E-state index contributed by atoms with van der Waals surface area (Å²) >= 11 is 0. The van der Waals surface area contributed by atoms with E-state index in [0.717, 1.165) is 43.7 Å². The summed E-state index contributed by atoms with van der Waals surface area (Å²) in [4.78, 5) is 37.2. The van der Waals surface area contributed by atoms with Crippen LogP contribution in [0.25, 0.3) is 0 Å². The first-order chi connectivity index (χ1) is 16.5. The molecule has 180 valence electrons. The molecule has 1 aromatic heterocycles. The van der Waals surface area contributed by atoms with Gasteiger partial charge in [0.1, 0.15) is 29.4 Å². The van der Waals surface area contributed by atoms with Gasteiger partial charge in [0, 0.05) is 31.1 Å². The smallest absolute Gasteiger partial charge is 0.317 e. The average Bonchev–Trinajstić information content (AvgIpc) is 3.49. The molecule has 3 aliphatic rings. The van der Waals surface area contributed by atoms with E-state index >= 15 is 0 Å². The highest BCUT2D eigenvalue weighted by Crippen LogP contribution is 2.33. The minimum atomic E-state index is -0.500. The number of cyclic esters (lactones) is 1. The first-order valence-corrected chi connectivity index (χ1v) is 12.3. The Balaban J connectivity index is 1.45. The SMILES string of the molecule is CC(C)C1CC(c2nccc(N(CC3CCNCC3)C(=O)c3ccc4c(c3)CCO4)n2)C(=O)O1. The highest BCUT2D eigenvalue weighted by Gasteiger charge is 2.39. The van der Waals surface area contributed by atoms with Gasteiger partial charge in [-0.2, -0.15) is 0 Å². The van der Waals surface area contributed by atoms with Gasteiger partial charge in [-0.15, -0.1) is 0 Å². The fourth-order valence-electron chi connectivity index (χ4n) is 4.99. The van der Waals surface area contributed by atoms with Gasteiger partial charge in [0.15, 0.2) is 0 Å². The van der Waals surface area contributed by atoms with Crippen LogP contribution in [0.4, 0.5) is 5.82 Å². The number of ether oxygens (including phenoxy) is 2. The van der Waals surface area contributed by atoms with E-state index in [-0.39, 0.29) is 23.9 Å². The molecule has 5 rings (SSSR count). The molecule has 0 radical (unpaired) electrons. The van der Waals surface area contributed by atoms with E-state index in [1.807, 2.05) is 32.0 Å². The average molecular weight is 465 g/mol. The van der Waals surface area contributed by atoms with Crippen LogP contribution in [0.15, 0.2) is 30.5 Å². The second kappa shape index (κ2) is 9.70. The number of anilines is 1. The Kier molecular flexibility index (Phi) is 6.50. The topological polar surface area (TPSA) is 93.7 Å². The van der Waals surface area contributed by atoms with Crippen LogP contribution in [0.2, 0.25) is 0 Å². The van der Waals surface area contributed by atoms with Gasteiger partial charge in [-0.25, -0.2) is 9.97 Å². The number of carbonyl (C=O) groups excluding carboxylic acids is 2. The molecule has 2 atom stereocenters. The van der Waals surface area contributed by atoms with Crippen LogP contribution in [-0.2, 0) is 16.0 Å². The number of carbonyl (C=O) groups is 2. The maximum Gasteiger partial charge on any atom is 0.317 e. The number of rotatable bonds is 6. The number of hydrogen-bond acceptors (Lipinski definition) is 7. The van der Waals surface area contributed by atoms with Gasteiger partial charge in [0.25, 0.3) is 5.91 Å². The Bertz CT molecular complexity index is 1070. The molecule has 0 saturated carbocycles. The molecular formula is C26H32N4O4. The number of fused-ring (bicyclic) bond motifs is 1. The monoisotopic (exact) mass is 464 g/mol. The molecule has 2 fully saturated rings. The Labute approximate surface area is 200 Å². The molecule has 2 aromatic rings. The predicted molar refractivity (Wildman–Crippen MR) is 127 cm³/mol. The predicted octanol–water partition coefficient (Wildman–Crippen LogP) is 3.11. The molecule has 0 spiro atoms. The number of nitrogens with one attached hydrogen (secondary N) is 1. The van der Waals surface area contributed by atoms with Crippen molar-refractivity contribution in [3.63, 3.8) is 0 Å². The van der Waals surface area contributed by atoms with Crippen LogP contribution in [0.1, 0.15) is 60.8 Å². The summed E-state index contributed by atoms with van der Waals surface area (Å²) < 4.78 is 11.2. The lowest BCUT2D eigenvalue weighted by atomic mass is 9.96. The molecule has 1 amide bonds. The van der Waals surface area contributed by atoms with Gasteiger partial charge in [0.2, 0.25) is 0 Å². The summed E-state index contributed by atoms with van der Waals surface area (Å²) in [7, 11) is 0. The Morgan fingerprint density at radius 1 is 1.24 bits per heavy atom. The van der Waals surface area contributed by atoms with Crippen LogP contribution >= 0.6 is 0 Å². The Morgan fingerprint density at radius 3 is 2.82 bits per heavy atom. The molecule has 2 unspecified atom stereocenters. The van der Waals surface area contributed by atoms with E-state index in [4.69, 9.17) is 14.5 Å². The largest absolute Gasteiger partial charge is 0.493 e. The number of hydrogen-bond donors (Lipinski definition) is 1. The molecule has 34 heavy (non-hydrogen) atoms. The summed E-state index contributed by atoms with van der Waals surface area (Å²) in [6.07, 6.45) is 4.89. The van der Waals surface area contributed by atoms with Gasteiger partial charge in [-0.05, 0) is 67.6 Å². The van der Waals surface area contributed by atoms with E-state index in [0.29, 0.717) is 42.7 Å². The zero-order chi connectivity index (χ0) is 23.7. The molecule has 8 heteroatoms. The molecule has 2 saturated heterocycles. The van der Waals surface area contributed by atoms with Crippen LogP contribution in [0.3, 0.4) is 0 Å². The number of nitrogens with zero attached hydrogens (tertiary/aromatic N) is 3. The highest BCUT2D eigenvalue weighted by molar-refractivity contribution is 6.05. The normalized spacial score (nSPS) is 22.4. The lowest BCUT2D eigenvalue weighted by molar-refractivity contribution is -0.143. The maximum atomic E-state index is 13.8. The second-order valence-electron chi connectivity index (χ2n) is 9.81. The van der Waals surface area contributed by atoms with E-state index in [2.05, 4.69) is 10.3 Å². The van der Waals surface area contributed by atoms with Crippen molar-refractivity contribution in [3.8, 4) is 5.75 Å². The number of amides is 1. The first kappa shape index (κ1) is 22.8. The number of piperidine rings is 1. The highest BCUT2D eigenvalue weighted by atomic mass is 16.6. The Hall–Kier alpha value is -3.00. The minimum absolute atomic E-state index is 0.0908. The molecule has 0 aliphatic carbocycles. The number of esters is 1. The van der Waals surface area contributed by atoms with E-state index in [1.165, 1.54) is 0 Å². The van der Waals surface area contributed by atoms with Crippen molar-refractivity contribution in [1.29, 1.82) is 0 Å². The summed E-state index contributed by atoms with van der Waals surface area (Å²) in [6, 6.07) is 7.40. The molecule has 3 aliphatic heterocycles. The zero-order valence-electron chi connectivity index (χ0n) is 19.8. The lowest BCUT2D eigenvalue weighted by Crippen LogP contribution is -2.40. The summed E-state index contributed by atoms with van der Waals surface area (Å²) in [6.45, 7) is 7.20. The third kappa shape index (κ3) is 4.64. The molecule has 4 heterocycles. The fraction of sp³-hybridized carbons (Fsp3) is 0.538. The van der Waals surface area contributed by atoms with E-state index in [9.17, 15) is 9.59 Å². The van der Waals surface area contributed by atoms with E-state index < -0.39 is 5.92 Å². The number of aromatic nitrogens is 2. The molecule has 8 nitrogen and oxygen atoms in total. The van der Waals surface area contributed by atoms with Crippen LogP contribution in [0.5, 0.6) is 5.75 Å².